The number of carbonyl (C=O) groups excluding carboxylic acids is 1. The summed E-state index contributed by atoms with van der Waals surface area (Å²) < 4.78 is 41.6. The Morgan fingerprint density at radius 2 is 2.07 bits per heavy atom. The fourth-order valence-corrected chi connectivity index (χ4v) is 4.36. The fourth-order valence-electron chi connectivity index (χ4n) is 4.36. The molecule has 0 spiro atoms. The Bertz CT molecular complexity index is 952. The van der Waals surface area contributed by atoms with Crippen LogP contribution in [0.4, 0.5) is 13.2 Å². The minimum atomic E-state index is -4.60. The van der Waals surface area contributed by atoms with E-state index in [0.29, 0.717) is 28.6 Å². The molecule has 2 aromatic heterocycles. The van der Waals surface area contributed by atoms with E-state index in [1.54, 1.807) is 25.5 Å². The number of aliphatic hydroxyl groups is 1. The lowest BCUT2D eigenvalue weighted by Crippen LogP contribution is -2.53. The Hall–Kier alpha value is -2.49. The molecule has 30 heavy (non-hydrogen) atoms. The van der Waals surface area contributed by atoms with Gasteiger partial charge in [-0.05, 0) is 24.2 Å². The molecule has 1 amide bonds. The van der Waals surface area contributed by atoms with E-state index in [1.165, 1.54) is 18.6 Å². The third-order valence-electron chi connectivity index (χ3n) is 5.89. The molecular formula is C20H24F3N5O2. The number of hydrogen-bond donors (Lipinski definition) is 1. The summed E-state index contributed by atoms with van der Waals surface area (Å²) in [7, 11) is 0. The van der Waals surface area contributed by atoms with Gasteiger partial charge in [-0.3, -0.25) is 9.78 Å². The third-order valence-corrected chi connectivity index (χ3v) is 5.89. The van der Waals surface area contributed by atoms with Crippen LogP contribution in [0.2, 0.25) is 0 Å². The molecule has 4 rings (SSSR count). The molecule has 2 aliphatic carbocycles. The molecule has 0 radical (unpaired) electrons. The summed E-state index contributed by atoms with van der Waals surface area (Å²) in [6.07, 6.45) is 1.51. The van der Waals surface area contributed by atoms with E-state index < -0.39 is 36.7 Å². The molecular weight excluding hydrogens is 399 g/mol. The predicted molar refractivity (Wildman–Crippen MR) is 101 cm³/mol. The van der Waals surface area contributed by atoms with Gasteiger partial charge in [0.15, 0.2) is 11.5 Å². The maximum absolute atomic E-state index is 13.4. The summed E-state index contributed by atoms with van der Waals surface area (Å²) in [5, 5.41) is 14.2. The largest absolute Gasteiger partial charge is 0.406 e. The average Bonchev–Trinajstić information content (AvgIpc) is 3.15. The maximum atomic E-state index is 13.4. The van der Waals surface area contributed by atoms with Crippen molar-refractivity contribution < 1.29 is 23.1 Å². The zero-order valence-corrected chi connectivity index (χ0v) is 17.0. The number of rotatable bonds is 5. The summed E-state index contributed by atoms with van der Waals surface area (Å²) in [6, 6.07) is -1.01. The van der Waals surface area contributed by atoms with E-state index in [2.05, 4.69) is 15.1 Å². The maximum Gasteiger partial charge on any atom is 0.406 e. The molecule has 7 nitrogen and oxygen atoms in total. The first-order chi connectivity index (χ1) is 14.0. The van der Waals surface area contributed by atoms with Gasteiger partial charge in [-0.15, -0.1) is 0 Å². The topological polar surface area (TPSA) is 84.1 Å². The van der Waals surface area contributed by atoms with Crippen LogP contribution in [0.25, 0.3) is 5.82 Å². The van der Waals surface area contributed by atoms with Crippen molar-refractivity contribution >= 4 is 5.91 Å². The van der Waals surface area contributed by atoms with Crippen molar-refractivity contribution in [1.82, 2.24) is 24.6 Å². The standard InChI is InChI=1S/C20H24F3N5O2/c1-19(2,3)14(9-29)27(10-20(21,22)23)18(30)16-13-7-11-6-12(11)17(13)28(26-16)15-8-24-4-5-25-15/h4-5,8,11-12,14,29H,6-7,9-10H2,1-3H3/t11-,12-,14+/m0/s1. The second-order valence-electron chi connectivity index (χ2n) is 9.11. The first kappa shape index (κ1) is 20.8. The summed E-state index contributed by atoms with van der Waals surface area (Å²) in [6.45, 7) is 3.06. The van der Waals surface area contributed by atoms with Gasteiger partial charge in [-0.2, -0.15) is 18.3 Å². The molecule has 0 aromatic carbocycles. The third kappa shape index (κ3) is 3.68. The number of alkyl halides is 3. The van der Waals surface area contributed by atoms with Crippen molar-refractivity contribution in [3.63, 3.8) is 0 Å². The Morgan fingerprint density at radius 1 is 1.33 bits per heavy atom. The fraction of sp³-hybridized carbons (Fsp3) is 0.600. The smallest absolute Gasteiger partial charge is 0.394 e. The van der Waals surface area contributed by atoms with Crippen molar-refractivity contribution in [2.24, 2.45) is 11.3 Å². The van der Waals surface area contributed by atoms with Gasteiger partial charge in [0.1, 0.15) is 6.54 Å². The van der Waals surface area contributed by atoms with Crippen molar-refractivity contribution in [2.75, 3.05) is 13.2 Å². The normalized spacial score (nSPS) is 21.2. The minimum Gasteiger partial charge on any atom is -0.394 e. The van der Waals surface area contributed by atoms with Crippen LogP contribution in [0, 0.1) is 11.3 Å². The molecule has 0 aliphatic heterocycles. The summed E-state index contributed by atoms with van der Waals surface area (Å²) in [5.74, 6) is 0.238. The number of aliphatic hydroxyl groups excluding tert-OH is 1. The molecule has 10 heteroatoms. The lowest BCUT2D eigenvalue weighted by atomic mass is 9.85. The number of carbonyl (C=O) groups is 1. The molecule has 1 N–H and O–H groups in total. The van der Waals surface area contributed by atoms with Gasteiger partial charge >= 0.3 is 6.18 Å². The van der Waals surface area contributed by atoms with Gasteiger partial charge in [-0.1, -0.05) is 20.8 Å². The Kier molecular flexibility index (Phi) is 4.87. The molecule has 3 atom stereocenters. The predicted octanol–water partition coefficient (Wildman–Crippen LogP) is 2.73. The summed E-state index contributed by atoms with van der Waals surface area (Å²) in [4.78, 5) is 22.4. The molecule has 1 saturated carbocycles. The molecule has 2 aromatic rings. The molecule has 1 fully saturated rings. The highest BCUT2D eigenvalue weighted by Crippen LogP contribution is 2.57. The highest BCUT2D eigenvalue weighted by atomic mass is 19.4. The Morgan fingerprint density at radius 3 is 2.63 bits per heavy atom. The van der Waals surface area contributed by atoms with Crippen LogP contribution in [0.5, 0.6) is 0 Å². The monoisotopic (exact) mass is 423 g/mol. The first-order valence-corrected chi connectivity index (χ1v) is 9.88. The Balaban J connectivity index is 1.78. The summed E-state index contributed by atoms with van der Waals surface area (Å²) >= 11 is 0. The number of nitrogens with zero attached hydrogens (tertiary/aromatic N) is 5. The average molecular weight is 423 g/mol. The first-order valence-electron chi connectivity index (χ1n) is 9.88. The van der Waals surface area contributed by atoms with Crippen LogP contribution in [0.3, 0.4) is 0 Å². The highest BCUT2D eigenvalue weighted by molar-refractivity contribution is 5.95. The molecule has 162 valence electrons. The highest BCUT2D eigenvalue weighted by Gasteiger charge is 2.51. The van der Waals surface area contributed by atoms with E-state index in [-0.39, 0.29) is 11.6 Å². The van der Waals surface area contributed by atoms with Crippen molar-refractivity contribution in [1.29, 1.82) is 0 Å². The molecule has 0 unspecified atom stereocenters. The van der Waals surface area contributed by atoms with E-state index >= 15 is 0 Å². The quantitative estimate of drug-likeness (QED) is 0.800. The zero-order chi connectivity index (χ0) is 21.8. The molecule has 2 heterocycles. The van der Waals surface area contributed by atoms with E-state index in [4.69, 9.17) is 0 Å². The molecule has 0 saturated heterocycles. The van der Waals surface area contributed by atoms with Crippen LogP contribution >= 0.6 is 0 Å². The number of hydrogen-bond acceptors (Lipinski definition) is 5. The SMILES string of the molecule is CC(C)(C)[C@@H](CO)N(CC(F)(F)F)C(=O)c1nn(-c2cnccn2)c2c1C[C@@H]1C[C@H]21. The zero-order valence-electron chi connectivity index (χ0n) is 17.0. The van der Waals surface area contributed by atoms with Gasteiger partial charge < -0.3 is 10.0 Å². The minimum absolute atomic E-state index is 0.00908. The van der Waals surface area contributed by atoms with Crippen LogP contribution < -0.4 is 0 Å². The number of aromatic nitrogens is 4. The van der Waals surface area contributed by atoms with Gasteiger partial charge in [0.2, 0.25) is 0 Å². The van der Waals surface area contributed by atoms with Gasteiger partial charge in [0.25, 0.3) is 5.91 Å². The number of fused-ring (bicyclic) bond motifs is 3. The van der Waals surface area contributed by atoms with E-state index in [9.17, 15) is 23.1 Å². The van der Waals surface area contributed by atoms with Crippen LogP contribution in [-0.2, 0) is 6.42 Å². The summed E-state index contributed by atoms with van der Waals surface area (Å²) in [5.41, 5.74) is 0.778. The second kappa shape index (κ2) is 7.04. The van der Waals surface area contributed by atoms with E-state index in [1.807, 2.05) is 0 Å². The lowest BCUT2D eigenvalue weighted by molar-refractivity contribution is -0.150. The lowest BCUT2D eigenvalue weighted by Gasteiger charge is -2.39. The van der Waals surface area contributed by atoms with Crippen LogP contribution in [-0.4, -0.2) is 61.0 Å². The number of amides is 1. The van der Waals surface area contributed by atoms with E-state index in [0.717, 1.165) is 12.1 Å². The van der Waals surface area contributed by atoms with Crippen LogP contribution in [0.1, 0.15) is 54.9 Å². The van der Waals surface area contributed by atoms with Gasteiger partial charge in [0.05, 0.1) is 24.5 Å². The second-order valence-corrected chi connectivity index (χ2v) is 9.11. The van der Waals surface area contributed by atoms with Crippen molar-refractivity contribution in [3.8, 4) is 5.82 Å². The van der Waals surface area contributed by atoms with Crippen molar-refractivity contribution in [2.45, 2.75) is 51.7 Å². The Labute approximate surface area is 171 Å². The molecule has 2 aliphatic rings. The van der Waals surface area contributed by atoms with Gasteiger partial charge in [-0.25, -0.2) is 9.67 Å². The van der Waals surface area contributed by atoms with Gasteiger partial charge in [0, 0.05) is 23.9 Å². The van der Waals surface area contributed by atoms with Crippen molar-refractivity contribution in [3.05, 3.63) is 35.5 Å². The molecule has 0 bridgehead atoms. The number of halogens is 3. The van der Waals surface area contributed by atoms with Crippen LogP contribution in [0.15, 0.2) is 18.6 Å².